The largest absolute Gasteiger partial charge is 0.496 e. The molecule has 1 aromatic carbocycles. The molecule has 3 heteroatoms. The Kier molecular flexibility index (Phi) is 5.13. The molecular formula is C17H21NO2. The average molecular weight is 271 g/mol. The van der Waals surface area contributed by atoms with Crippen molar-refractivity contribution in [2.75, 3.05) is 13.7 Å². The standard InChI is InChI=1S/C17H21NO2/c1-13(19)16-9-8-15(10-17(16)20-2)12-18-11-14-6-4-3-5-7-14/h4,6-10,18H,3,5,11-12H2,1-2H3. The van der Waals surface area contributed by atoms with E-state index in [1.54, 1.807) is 14.0 Å². The van der Waals surface area contributed by atoms with Gasteiger partial charge in [-0.05, 0) is 43.0 Å². The highest BCUT2D eigenvalue weighted by molar-refractivity contribution is 5.96. The smallest absolute Gasteiger partial charge is 0.163 e. The first-order valence-electron chi connectivity index (χ1n) is 6.95. The first-order valence-corrected chi connectivity index (χ1v) is 6.95. The van der Waals surface area contributed by atoms with E-state index in [4.69, 9.17) is 4.74 Å². The number of allylic oxidation sites excluding steroid dienone is 2. The average Bonchev–Trinajstić information content (AvgIpc) is 2.48. The van der Waals surface area contributed by atoms with Gasteiger partial charge in [0.05, 0.1) is 12.7 Å². The number of rotatable bonds is 6. The van der Waals surface area contributed by atoms with Crippen molar-refractivity contribution in [1.29, 1.82) is 0 Å². The number of carbonyl (C=O) groups is 1. The van der Waals surface area contributed by atoms with Gasteiger partial charge in [-0.2, -0.15) is 0 Å². The van der Waals surface area contributed by atoms with Crippen LogP contribution in [0.15, 0.2) is 42.0 Å². The Morgan fingerprint density at radius 3 is 2.80 bits per heavy atom. The van der Waals surface area contributed by atoms with Gasteiger partial charge in [0.15, 0.2) is 5.78 Å². The van der Waals surface area contributed by atoms with Crippen LogP contribution in [-0.2, 0) is 6.54 Å². The van der Waals surface area contributed by atoms with Crippen LogP contribution in [0.3, 0.4) is 0 Å². The van der Waals surface area contributed by atoms with Gasteiger partial charge in [-0.3, -0.25) is 4.79 Å². The Labute approximate surface area is 120 Å². The van der Waals surface area contributed by atoms with Crippen LogP contribution < -0.4 is 10.1 Å². The van der Waals surface area contributed by atoms with Gasteiger partial charge in [-0.25, -0.2) is 0 Å². The molecular weight excluding hydrogens is 250 g/mol. The second-order valence-electron chi connectivity index (χ2n) is 4.95. The molecule has 1 aliphatic carbocycles. The third-order valence-electron chi connectivity index (χ3n) is 3.38. The van der Waals surface area contributed by atoms with Crippen molar-refractivity contribution in [1.82, 2.24) is 5.32 Å². The normalized spacial score (nSPS) is 14.0. The summed E-state index contributed by atoms with van der Waals surface area (Å²) >= 11 is 0. The molecule has 0 heterocycles. The lowest BCUT2D eigenvalue weighted by molar-refractivity contribution is 0.101. The summed E-state index contributed by atoms with van der Waals surface area (Å²) in [4.78, 5) is 11.4. The van der Waals surface area contributed by atoms with Crippen LogP contribution in [-0.4, -0.2) is 19.4 Å². The molecule has 20 heavy (non-hydrogen) atoms. The summed E-state index contributed by atoms with van der Waals surface area (Å²) in [5.74, 6) is 0.674. The van der Waals surface area contributed by atoms with Crippen LogP contribution in [0.1, 0.15) is 35.7 Å². The Bertz CT molecular complexity index is 544. The van der Waals surface area contributed by atoms with Crippen molar-refractivity contribution < 1.29 is 9.53 Å². The zero-order valence-corrected chi connectivity index (χ0v) is 12.1. The predicted molar refractivity (Wildman–Crippen MR) is 81.2 cm³/mol. The van der Waals surface area contributed by atoms with Crippen LogP contribution in [0.25, 0.3) is 0 Å². The lowest BCUT2D eigenvalue weighted by Crippen LogP contribution is -2.16. The Morgan fingerprint density at radius 2 is 2.15 bits per heavy atom. The fourth-order valence-electron chi connectivity index (χ4n) is 2.29. The van der Waals surface area contributed by atoms with E-state index < -0.39 is 0 Å². The maximum Gasteiger partial charge on any atom is 0.163 e. The zero-order valence-electron chi connectivity index (χ0n) is 12.1. The summed E-state index contributed by atoms with van der Waals surface area (Å²) < 4.78 is 5.27. The molecule has 0 atom stereocenters. The molecule has 0 aliphatic heterocycles. The molecule has 106 valence electrons. The molecule has 0 radical (unpaired) electrons. The molecule has 1 N–H and O–H groups in total. The van der Waals surface area contributed by atoms with E-state index in [9.17, 15) is 4.79 Å². The van der Waals surface area contributed by atoms with E-state index in [0.717, 1.165) is 31.5 Å². The molecule has 0 saturated heterocycles. The van der Waals surface area contributed by atoms with Crippen LogP contribution >= 0.6 is 0 Å². The highest BCUT2D eigenvalue weighted by Gasteiger charge is 2.08. The number of carbonyl (C=O) groups excluding carboxylic acids is 1. The second kappa shape index (κ2) is 7.06. The Balaban J connectivity index is 1.94. The van der Waals surface area contributed by atoms with Gasteiger partial charge in [0.25, 0.3) is 0 Å². The monoisotopic (exact) mass is 271 g/mol. The van der Waals surface area contributed by atoms with Crippen molar-refractivity contribution in [3.05, 3.63) is 53.1 Å². The third-order valence-corrected chi connectivity index (χ3v) is 3.38. The number of ether oxygens (including phenoxy) is 1. The van der Waals surface area contributed by atoms with Crippen molar-refractivity contribution in [3.63, 3.8) is 0 Å². The van der Waals surface area contributed by atoms with Gasteiger partial charge in [-0.1, -0.05) is 24.3 Å². The number of hydrogen-bond donors (Lipinski definition) is 1. The second-order valence-corrected chi connectivity index (χ2v) is 4.95. The molecule has 0 amide bonds. The van der Waals surface area contributed by atoms with Gasteiger partial charge < -0.3 is 10.1 Å². The molecule has 0 bridgehead atoms. The predicted octanol–water partition coefficient (Wildman–Crippen LogP) is 3.26. The van der Waals surface area contributed by atoms with Crippen LogP contribution in [0, 0.1) is 0 Å². The number of ketones is 1. The molecule has 2 rings (SSSR count). The van der Waals surface area contributed by atoms with Crippen molar-refractivity contribution in [3.8, 4) is 5.75 Å². The Hall–Kier alpha value is -1.87. The van der Waals surface area contributed by atoms with Gasteiger partial charge in [0.2, 0.25) is 0 Å². The third kappa shape index (κ3) is 3.81. The molecule has 0 aromatic heterocycles. The Morgan fingerprint density at radius 1 is 1.30 bits per heavy atom. The van der Waals surface area contributed by atoms with E-state index in [1.807, 2.05) is 18.2 Å². The summed E-state index contributed by atoms with van der Waals surface area (Å²) in [6.07, 6.45) is 8.94. The maximum absolute atomic E-state index is 11.4. The van der Waals surface area contributed by atoms with E-state index in [2.05, 4.69) is 23.5 Å². The summed E-state index contributed by atoms with van der Waals surface area (Å²) in [7, 11) is 1.59. The van der Waals surface area contributed by atoms with E-state index in [0.29, 0.717) is 11.3 Å². The minimum absolute atomic E-state index is 0.0267. The lowest BCUT2D eigenvalue weighted by Gasteiger charge is -2.11. The number of Topliss-reactive ketones (excluding diaryl/α,β-unsaturated/α-hetero) is 1. The molecule has 1 aromatic rings. The van der Waals surface area contributed by atoms with Gasteiger partial charge in [0.1, 0.15) is 5.75 Å². The first-order chi connectivity index (χ1) is 9.70. The highest BCUT2D eigenvalue weighted by atomic mass is 16.5. The SMILES string of the molecule is COc1cc(CNCC2=CCCC=C2)ccc1C(C)=O. The summed E-state index contributed by atoms with van der Waals surface area (Å²) in [5, 5.41) is 3.41. The fraction of sp³-hybridized carbons (Fsp3) is 0.353. The number of benzene rings is 1. The maximum atomic E-state index is 11.4. The molecule has 0 fully saturated rings. The summed E-state index contributed by atoms with van der Waals surface area (Å²) in [6, 6.07) is 5.73. The van der Waals surface area contributed by atoms with Crippen molar-refractivity contribution in [2.45, 2.75) is 26.3 Å². The number of hydrogen-bond acceptors (Lipinski definition) is 3. The van der Waals surface area contributed by atoms with Gasteiger partial charge >= 0.3 is 0 Å². The van der Waals surface area contributed by atoms with Crippen LogP contribution in [0.4, 0.5) is 0 Å². The quantitative estimate of drug-likeness (QED) is 0.807. The summed E-state index contributed by atoms with van der Waals surface area (Å²) in [5.41, 5.74) is 3.09. The van der Waals surface area contributed by atoms with Crippen LogP contribution in [0.2, 0.25) is 0 Å². The fourth-order valence-corrected chi connectivity index (χ4v) is 2.29. The lowest BCUT2D eigenvalue weighted by atomic mass is 10.1. The number of methoxy groups -OCH3 is 1. The first kappa shape index (κ1) is 14.5. The zero-order chi connectivity index (χ0) is 14.4. The molecule has 3 nitrogen and oxygen atoms in total. The minimum Gasteiger partial charge on any atom is -0.496 e. The van der Waals surface area contributed by atoms with Crippen molar-refractivity contribution >= 4 is 5.78 Å². The van der Waals surface area contributed by atoms with E-state index in [1.165, 1.54) is 5.57 Å². The molecule has 1 aliphatic rings. The van der Waals surface area contributed by atoms with Crippen molar-refractivity contribution in [2.24, 2.45) is 0 Å². The van der Waals surface area contributed by atoms with Crippen LogP contribution in [0.5, 0.6) is 5.75 Å². The van der Waals surface area contributed by atoms with E-state index in [-0.39, 0.29) is 5.78 Å². The van der Waals surface area contributed by atoms with Gasteiger partial charge in [0, 0.05) is 13.1 Å². The molecule has 0 spiro atoms. The molecule has 0 unspecified atom stereocenters. The van der Waals surface area contributed by atoms with E-state index >= 15 is 0 Å². The topological polar surface area (TPSA) is 38.3 Å². The van der Waals surface area contributed by atoms with Gasteiger partial charge in [-0.15, -0.1) is 0 Å². The summed E-state index contributed by atoms with van der Waals surface area (Å²) in [6.45, 7) is 3.19. The minimum atomic E-state index is 0.0267. The number of nitrogens with one attached hydrogen (secondary N) is 1. The highest BCUT2D eigenvalue weighted by Crippen LogP contribution is 2.20. The molecule has 0 saturated carbocycles.